The molecule has 0 saturated carbocycles. The van der Waals surface area contributed by atoms with Gasteiger partial charge in [0.25, 0.3) is 15.9 Å². The molecule has 1 amide bonds. The van der Waals surface area contributed by atoms with Crippen molar-refractivity contribution in [3.8, 4) is 0 Å². The zero-order valence-corrected chi connectivity index (χ0v) is 12.0. The Balaban J connectivity index is 2.22. The first kappa shape index (κ1) is 13.7. The summed E-state index contributed by atoms with van der Waals surface area (Å²) in [5, 5.41) is 0.706. The highest BCUT2D eigenvalue weighted by Crippen LogP contribution is 2.14. The van der Waals surface area contributed by atoms with Crippen molar-refractivity contribution in [2.45, 2.75) is 18.7 Å². The summed E-state index contributed by atoms with van der Waals surface area (Å²) in [6, 6.07) is 6.28. The van der Waals surface area contributed by atoms with Gasteiger partial charge in [0.1, 0.15) is 4.88 Å². The van der Waals surface area contributed by atoms with Gasteiger partial charge in [0, 0.05) is 0 Å². The highest BCUT2D eigenvalue weighted by atomic mass is 32.2. The van der Waals surface area contributed by atoms with Crippen molar-refractivity contribution in [3.63, 3.8) is 0 Å². The van der Waals surface area contributed by atoms with E-state index >= 15 is 0 Å². The lowest BCUT2D eigenvalue weighted by Crippen LogP contribution is -2.29. The van der Waals surface area contributed by atoms with Crippen LogP contribution < -0.4 is 4.72 Å². The third kappa shape index (κ3) is 3.18. The Bertz CT molecular complexity index is 703. The average molecular weight is 296 g/mol. The van der Waals surface area contributed by atoms with Crippen LogP contribution in [0.15, 0.2) is 35.4 Å². The van der Waals surface area contributed by atoms with Crippen molar-refractivity contribution in [2.24, 2.45) is 0 Å². The number of nitrogens with one attached hydrogen (secondary N) is 1. The van der Waals surface area contributed by atoms with Gasteiger partial charge in [-0.2, -0.15) is 0 Å². The third-order valence-corrected chi connectivity index (χ3v) is 4.66. The number of rotatable bonds is 3. The van der Waals surface area contributed by atoms with Gasteiger partial charge in [-0.3, -0.25) is 4.79 Å². The van der Waals surface area contributed by atoms with Gasteiger partial charge in [0.15, 0.2) is 0 Å². The van der Waals surface area contributed by atoms with Gasteiger partial charge in [-0.05, 0) is 26.0 Å². The van der Waals surface area contributed by atoms with E-state index in [1.54, 1.807) is 19.1 Å². The number of hydrogen-bond acceptors (Lipinski definition) is 5. The number of aryl methyl sites for hydroxylation is 2. The molecule has 1 N–H and O–H groups in total. The van der Waals surface area contributed by atoms with Gasteiger partial charge in [0.2, 0.25) is 0 Å². The lowest BCUT2D eigenvalue weighted by molar-refractivity contribution is 0.0985. The van der Waals surface area contributed by atoms with Crippen LogP contribution in [0.4, 0.5) is 0 Å². The molecule has 1 heterocycles. The molecule has 0 unspecified atom stereocenters. The fraction of sp³-hybridized carbons (Fsp3) is 0.167. The van der Waals surface area contributed by atoms with Gasteiger partial charge in [0.05, 0.1) is 16.1 Å². The molecule has 0 fully saturated rings. The molecule has 2 rings (SSSR count). The molecule has 1 aromatic heterocycles. The van der Waals surface area contributed by atoms with E-state index in [0.29, 0.717) is 5.01 Å². The molecule has 0 aliphatic heterocycles. The number of sulfonamides is 1. The van der Waals surface area contributed by atoms with E-state index in [-0.39, 0.29) is 9.77 Å². The minimum absolute atomic E-state index is 0.0627. The second-order valence-electron chi connectivity index (χ2n) is 3.99. The van der Waals surface area contributed by atoms with Crippen molar-refractivity contribution in [3.05, 3.63) is 45.9 Å². The van der Waals surface area contributed by atoms with Gasteiger partial charge in [-0.15, -0.1) is 11.3 Å². The maximum absolute atomic E-state index is 12.0. The summed E-state index contributed by atoms with van der Waals surface area (Å²) in [4.78, 5) is 16.0. The molecule has 100 valence electrons. The minimum Gasteiger partial charge on any atom is -0.267 e. The van der Waals surface area contributed by atoms with Crippen LogP contribution in [0.5, 0.6) is 0 Å². The molecule has 2 aromatic rings. The van der Waals surface area contributed by atoms with E-state index in [1.807, 2.05) is 11.6 Å². The Labute approximate surface area is 115 Å². The largest absolute Gasteiger partial charge is 0.276 e. The zero-order valence-electron chi connectivity index (χ0n) is 10.4. The van der Waals surface area contributed by atoms with Gasteiger partial charge in [-0.1, -0.05) is 17.7 Å². The van der Waals surface area contributed by atoms with E-state index < -0.39 is 15.9 Å². The Morgan fingerprint density at radius 2 is 1.84 bits per heavy atom. The quantitative estimate of drug-likeness (QED) is 0.938. The van der Waals surface area contributed by atoms with Crippen molar-refractivity contribution < 1.29 is 13.2 Å². The molecule has 0 aliphatic carbocycles. The summed E-state index contributed by atoms with van der Waals surface area (Å²) in [6.07, 6.45) is 1.36. The summed E-state index contributed by atoms with van der Waals surface area (Å²) >= 11 is 1.15. The predicted octanol–water partition coefficient (Wildman–Crippen LogP) is 1.88. The topological polar surface area (TPSA) is 76.1 Å². The van der Waals surface area contributed by atoms with Gasteiger partial charge < -0.3 is 0 Å². The third-order valence-electron chi connectivity index (χ3n) is 2.40. The van der Waals surface area contributed by atoms with E-state index in [0.717, 1.165) is 16.9 Å². The van der Waals surface area contributed by atoms with Crippen LogP contribution >= 0.6 is 11.3 Å². The Kier molecular flexibility index (Phi) is 3.68. The van der Waals surface area contributed by atoms with E-state index in [2.05, 4.69) is 4.98 Å². The number of aromatic nitrogens is 1. The number of carbonyl (C=O) groups excluding carboxylic acids is 1. The van der Waals surface area contributed by atoms with Crippen LogP contribution in [0, 0.1) is 13.8 Å². The zero-order chi connectivity index (χ0) is 14.0. The Morgan fingerprint density at radius 1 is 1.21 bits per heavy atom. The van der Waals surface area contributed by atoms with E-state index in [4.69, 9.17) is 0 Å². The number of thiazole rings is 1. The molecule has 19 heavy (non-hydrogen) atoms. The molecule has 0 radical (unpaired) electrons. The summed E-state index contributed by atoms with van der Waals surface area (Å²) in [5.74, 6) is -0.661. The van der Waals surface area contributed by atoms with Crippen molar-refractivity contribution in [2.75, 3.05) is 0 Å². The molecular weight excluding hydrogens is 284 g/mol. The van der Waals surface area contributed by atoms with Crippen LogP contribution in [-0.4, -0.2) is 19.3 Å². The first-order valence-corrected chi connectivity index (χ1v) is 7.75. The van der Waals surface area contributed by atoms with Crippen molar-refractivity contribution >= 4 is 27.3 Å². The highest BCUT2D eigenvalue weighted by Gasteiger charge is 2.19. The van der Waals surface area contributed by atoms with Gasteiger partial charge >= 0.3 is 0 Å². The summed E-state index contributed by atoms with van der Waals surface area (Å²) in [6.45, 7) is 3.60. The van der Waals surface area contributed by atoms with Crippen LogP contribution in [0.25, 0.3) is 0 Å². The maximum Gasteiger partial charge on any atom is 0.276 e. The monoisotopic (exact) mass is 296 g/mol. The molecule has 5 nitrogen and oxygen atoms in total. The second kappa shape index (κ2) is 5.10. The Morgan fingerprint density at radius 3 is 2.37 bits per heavy atom. The molecule has 7 heteroatoms. The van der Waals surface area contributed by atoms with Crippen molar-refractivity contribution in [1.29, 1.82) is 0 Å². The number of benzene rings is 1. The summed E-state index contributed by atoms with van der Waals surface area (Å²) < 4.78 is 26.0. The first-order valence-electron chi connectivity index (χ1n) is 5.45. The van der Waals surface area contributed by atoms with Crippen LogP contribution in [-0.2, 0) is 10.0 Å². The highest BCUT2D eigenvalue weighted by molar-refractivity contribution is 7.90. The van der Waals surface area contributed by atoms with Crippen LogP contribution in [0.3, 0.4) is 0 Å². The van der Waals surface area contributed by atoms with Crippen molar-refractivity contribution in [1.82, 2.24) is 9.71 Å². The summed E-state index contributed by atoms with van der Waals surface area (Å²) in [7, 11) is -3.84. The Hall–Kier alpha value is -1.73. The first-order chi connectivity index (χ1) is 8.88. The number of amides is 1. The molecule has 0 bridgehead atoms. The normalized spacial score (nSPS) is 11.3. The predicted molar refractivity (Wildman–Crippen MR) is 72.7 cm³/mol. The average Bonchev–Trinajstić information content (AvgIpc) is 2.76. The molecule has 1 aromatic carbocycles. The molecular formula is C12H12N2O3S2. The lowest BCUT2D eigenvalue weighted by atomic mass is 10.2. The molecule has 0 aliphatic rings. The van der Waals surface area contributed by atoms with Gasteiger partial charge in [-0.25, -0.2) is 18.1 Å². The fourth-order valence-corrected chi connectivity index (χ4v) is 3.12. The number of hydrogen-bond donors (Lipinski definition) is 1. The summed E-state index contributed by atoms with van der Waals surface area (Å²) in [5.41, 5.74) is 0.948. The lowest BCUT2D eigenvalue weighted by Gasteiger charge is -2.05. The number of nitrogens with zero attached hydrogens (tertiary/aromatic N) is 1. The van der Waals surface area contributed by atoms with E-state index in [9.17, 15) is 13.2 Å². The minimum atomic E-state index is -3.84. The SMILES string of the molecule is Cc1ccc(S(=O)(=O)NC(=O)c2cnc(C)s2)cc1. The molecule has 0 saturated heterocycles. The molecule has 0 spiro atoms. The van der Waals surface area contributed by atoms with Crippen LogP contribution in [0.1, 0.15) is 20.2 Å². The van der Waals surface area contributed by atoms with Crippen LogP contribution in [0.2, 0.25) is 0 Å². The fourth-order valence-electron chi connectivity index (χ4n) is 1.42. The smallest absolute Gasteiger partial charge is 0.267 e. The standard InChI is InChI=1S/C12H12N2O3S2/c1-8-3-5-10(6-4-8)19(16,17)14-12(15)11-7-13-9(2)18-11/h3-7H,1-2H3,(H,14,15). The van der Waals surface area contributed by atoms with E-state index in [1.165, 1.54) is 18.3 Å². The molecule has 0 atom stereocenters. The maximum atomic E-state index is 12.0. The number of carbonyl (C=O) groups is 1. The second-order valence-corrected chi connectivity index (χ2v) is 6.91.